The fourth-order valence-corrected chi connectivity index (χ4v) is 2.94. The minimum absolute atomic E-state index is 0.0990. The number of halogens is 1. The minimum Gasteiger partial charge on any atom is -0.508 e. The van der Waals surface area contributed by atoms with E-state index < -0.39 is 0 Å². The Morgan fingerprint density at radius 3 is 2.74 bits per heavy atom. The average Bonchev–Trinajstić information content (AvgIpc) is 3.04. The summed E-state index contributed by atoms with van der Waals surface area (Å²) in [6, 6.07) is 9.45. The Hall–Kier alpha value is -3.06. The Balaban J connectivity index is 1.83. The molecule has 2 N–H and O–H groups in total. The number of carbonyl (C=O) groups is 1. The molecule has 0 fully saturated rings. The van der Waals surface area contributed by atoms with E-state index in [9.17, 15) is 15.0 Å². The zero-order chi connectivity index (χ0) is 19.4. The summed E-state index contributed by atoms with van der Waals surface area (Å²) in [6.45, 7) is 0.517. The molecule has 0 spiro atoms. The summed E-state index contributed by atoms with van der Waals surface area (Å²) in [4.78, 5) is 12.3. The first-order valence-corrected chi connectivity index (χ1v) is 8.85. The molecule has 0 aliphatic rings. The maximum Gasteiger partial charge on any atom is 0.189 e. The molecular weight excluding hydrogens is 412 g/mol. The van der Waals surface area contributed by atoms with Crippen molar-refractivity contribution in [3.8, 4) is 17.2 Å². The second kappa shape index (κ2) is 8.09. The fourth-order valence-electron chi connectivity index (χ4n) is 2.62. The van der Waals surface area contributed by atoms with E-state index in [4.69, 9.17) is 4.74 Å². The van der Waals surface area contributed by atoms with Crippen LogP contribution in [-0.4, -0.2) is 32.9 Å². The molecular formula is C20H17BrN2O4. The average molecular weight is 429 g/mol. The normalized spacial score (nSPS) is 11.0. The number of carbonyl (C=O) groups excluding carboxylic acids is 1. The highest BCUT2D eigenvalue weighted by Crippen LogP contribution is 2.25. The molecule has 27 heavy (non-hydrogen) atoms. The molecule has 7 heteroatoms. The number of hydrogen-bond acceptors (Lipinski definition) is 5. The number of benzene rings is 2. The molecule has 1 heterocycles. The number of phenols is 2. The summed E-state index contributed by atoms with van der Waals surface area (Å²) in [5, 5.41) is 23.4. The predicted octanol–water partition coefficient (Wildman–Crippen LogP) is 4.01. The van der Waals surface area contributed by atoms with E-state index in [1.807, 2.05) is 24.4 Å². The number of aromatic hydroxyl groups is 2. The zero-order valence-electron chi connectivity index (χ0n) is 14.5. The first kappa shape index (κ1) is 18.7. The number of methoxy groups -OCH3 is 1. The Kier molecular flexibility index (Phi) is 5.61. The standard InChI is InChI=1S/C20H17BrN2O4/c1-27-20-7-3-13(8-14(20)11-23-12-15(21)10-22-23)2-6-18(25)17-5-4-16(24)9-19(17)26/h2-10,12,24,26H,11H2,1H3/b6-2+. The van der Waals surface area contributed by atoms with Crippen LogP contribution < -0.4 is 4.74 Å². The Bertz CT molecular complexity index is 1010. The SMILES string of the molecule is COc1ccc(/C=C/C(=O)c2ccc(O)cc2O)cc1Cn1cc(Br)cn1. The number of phenolic OH excluding ortho intramolecular Hbond substituents is 2. The van der Waals surface area contributed by atoms with Gasteiger partial charge in [0.1, 0.15) is 17.2 Å². The van der Waals surface area contributed by atoms with Gasteiger partial charge in [0.05, 0.1) is 29.9 Å². The molecule has 138 valence electrons. The van der Waals surface area contributed by atoms with E-state index in [0.717, 1.165) is 27.4 Å². The first-order valence-electron chi connectivity index (χ1n) is 8.05. The summed E-state index contributed by atoms with van der Waals surface area (Å²) in [6.07, 6.45) is 6.61. The van der Waals surface area contributed by atoms with Gasteiger partial charge < -0.3 is 14.9 Å². The fraction of sp³-hybridized carbons (Fsp3) is 0.100. The van der Waals surface area contributed by atoms with Gasteiger partial charge in [-0.05, 0) is 51.8 Å². The number of ether oxygens (including phenoxy) is 1. The summed E-state index contributed by atoms with van der Waals surface area (Å²) >= 11 is 3.37. The quantitative estimate of drug-likeness (QED) is 0.457. The Morgan fingerprint density at radius 2 is 2.07 bits per heavy atom. The maximum absolute atomic E-state index is 12.3. The lowest BCUT2D eigenvalue weighted by molar-refractivity contribution is 0.104. The van der Waals surface area contributed by atoms with Crippen LogP contribution in [0.2, 0.25) is 0 Å². The summed E-state index contributed by atoms with van der Waals surface area (Å²) < 4.78 is 8.06. The molecule has 0 unspecified atom stereocenters. The molecule has 0 saturated heterocycles. The molecule has 0 aliphatic heterocycles. The second-order valence-electron chi connectivity index (χ2n) is 5.83. The van der Waals surface area contributed by atoms with Gasteiger partial charge in [0.25, 0.3) is 0 Å². The van der Waals surface area contributed by atoms with Crippen molar-refractivity contribution < 1.29 is 19.7 Å². The van der Waals surface area contributed by atoms with Crippen LogP contribution in [-0.2, 0) is 6.54 Å². The highest BCUT2D eigenvalue weighted by Gasteiger charge is 2.10. The molecule has 0 aliphatic carbocycles. The second-order valence-corrected chi connectivity index (χ2v) is 6.74. The molecule has 0 radical (unpaired) electrons. The number of hydrogen-bond donors (Lipinski definition) is 2. The van der Waals surface area contributed by atoms with Crippen LogP contribution >= 0.6 is 15.9 Å². The predicted molar refractivity (Wildman–Crippen MR) is 105 cm³/mol. The van der Waals surface area contributed by atoms with E-state index in [1.54, 1.807) is 24.1 Å². The summed E-state index contributed by atoms with van der Waals surface area (Å²) in [5.41, 5.74) is 1.85. The van der Waals surface area contributed by atoms with E-state index in [1.165, 1.54) is 18.2 Å². The van der Waals surface area contributed by atoms with Gasteiger partial charge in [-0.15, -0.1) is 0 Å². The number of ketones is 1. The van der Waals surface area contributed by atoms with Crippen molar-refractivity contribution in [1.29, 1.82) is 0 Å². The number of aromatic nitrogens is 2. The largest absolute Gasteiger partial charge is 0.508 e. The van der Waals surface area contributed by atoms with Gasteiger partial charge >= 0.3 is 0 Å². The molecule has 3 rings (SSSR count). The van der Waals surface area contributed by atoms with Crippen LogP contribution in [0.25, 0.3) is 6.08 Å². The number of allylic oxidation sites excluding steroid dienone is 1. The lowest BCUT2D eigenvalue weighted by Gasteiger charge is -2.10. The maximum atomic E-state index is 12.3. The highest BCUT2D eigenvalue weighted by molar-refractivity contribution is 9.10. The number of rotatable bonds is 6. The van der Waals surface area contributed by atoms with E-state index >= 15 is 0 Å². The lowest BCUT2D eigenvalue weighted by Crippen LogP contribution is -2.02. The van der Waals surface area contributed by atoms with E-state index in [-0.39, 0.29) is 22.8 Å². The van der Waals surface area contributed by atoms with E-state index in [2.05, 4.69) is 21.0 Å². The van der Waals surface area contributed by atoms with Crippen molar-refractivity contribution in [3.63, 3.8) is 0 Å². The van der Waals surface area contributed by atoms with Crippen LogP contribution in [0.1, 0.15) is 21.5 Å². The third-order valence-electron chi connectivity index (χ3n) is 3.91. The van der Waals surface area contributed by atoms with Crippen molar-refractivity contribution in [3.05, 3.63) is 76.0 Å². The van der Waals surface area contributed by atoms with Crippen molar-refractivity contribution in [2.24, 2.45) is 0 Å². The van der Waals surface area contributed by atoms with Crippen LogP contribution in [0, 0.1) is 0 Å². The molecule has 2 aromatic carbocycles. The number of nitrogens with zero attached hydrogens (tertiary/aromatic N) is 2. The van der Waals surface area contributed by atoms with Gasteiger partial charge in [-0.25, -0.2) is 0 Å². The topological polar surface area (TPSA) is 84.6 Å². The van der Waals surface area contributed by atoms with Crippen LogP contribution in [0.4, 0.5) is 0 Å². The lowest BCUT2D eigenvalue weighted by atomic mass is 10.1. The Labute approximate surface area is 164 Å². The third-order valence-corrected chi connectivity index (χ3v) is 4.32. The molecule has 1 aromatic heterocycles. The minimum atomic E-state index is -0.360. The first-order chi connectivity index (χ1) is 13.0. The van der Waals surface area contributed by atoms with Gasteiger partial charge in [0.2, 0.25) is 0 Å². The van der Waals surface area contributed by atoms with Gasteiger partial charge in [0.15, 0.2) is 5.78 Å². The summed E-state index contributed by atoms with van der Waals surface area (Å²) in [7, 11) is 1.60. The molecule has 3 aromatic rings. The van der Waals surface area contributed by atoms with Crippen LogP contribution in [0.15, 0.2) is 59.3 Å². The molecule has 0 bridgehead atoms. The van der Waals surface area contributed by atoms with Crippen LogP contribution in [0.5, 0.6) is 17.2 Å². The molecule has 0 saturated carbocycles. The van der Waals surface area contributed by atoms with Crippen molar-refractivity contribution in [2.45, 2.75) is 6.54 Å². The summed E-state index contributed by atoms with van der Waals surface area (Å²) in [5.74, 6) is 0.00423. The third kappa shape index (κ3) is 4.57. The van der Waals surface area contributed by atoms with Crippen molar-refractivity contribution in [1.82, 2.24) is 9.78 Å². The molecule has 0 amide bonds. The molecule has 6 nitrogen and oxygen atoms in total. The monoisotopic (exact) mass is 428 g/mol. The van der Waals surface area contributed by atoms with Crippen molar-refractivity contribution in [2.75, 3.05) is 7.11 Å². The van der Waals surface area contributed by atoms with E-state index in [0.29, 0.717) is 6.54 Å². The van der Waals surface area contributed by atoms with Gasteiger partial charge in [-0.1, -0.05) is 12.1 Å². The smallest absolute Gasteiger partial charge is 0.189 e. The van der Waals surface area contributed by atoms with Gasteiger partial charge in [-0.2, -0.15) is 5.10 Å². The zero-order valence-corrected chi connectivity index (χ0v) is 16.0. The van der Waals surface area contributed by atoms with Gasteiger partial charge in [0, 0.05) is 17.8 Å². The van der Waals surface area contributed by atoms with Crippen LogP contribution in [0.3, 0.4) is 0 Å². The van der Waals surface area contributed by atoms with Gasteiger partial charge in [-0.3, -0.25) is 9.48 Å². The highest BCUT2D eigenvalue weighted by atomic mass is 79.9. The Morgan fingerprint density at radius 1 is 1.26 bits per heavy atom. The molecule has 0 atom stereocenters. The van der Waals surface area contributed by atoms with Crippen molar-refractivity contribution >= 4 is 27.8 Å².